The highest BCUT2D eigenvalue weighted by atomic mass is 16.3. The minimum absolute atomic E-state index is 0.856. The molecule has 10 aromatic rings. The summed E-state index contributed by atoms with van der Waals surface area (Å²) >= 11 is 0. The first-order chi connectivity index (χ1) is 25.6. The number of hydrogen-bond acceptors (Lipinski definition) is 4. The molecule has 0 N–H and O–H groups in total. The van der Waals surface area contributed by atoms with Gasteiger partial charge in [0.15, 0.2) is 0 Å². The molecule has 0 fully saturated rings. The van der Waals surface area contributed by atoms with E-state index in [1.165, 1.54) is 11.1 Å². The first kappa shape index (κ1) is 30.1. The predicted molar refractivity (Wildman–Crippen MR) is 217 cm³/mol. The molecule has 0 bridgehead atoms. The monoisotopic (exact) mass is 670 g/mol. The van der Waals surface area contributed by atoms with E-state index in [9.17, 15) is 0 Å². The lowest BCUT2D eigenvalue weighted by atomic mass is 10.0. The number of hydrogen-bond donors (Lipinski definition) is 0. The molecule has 0 unspecified atom stereocenters. The molecule has 52 heavy (non-hydrogen) atoms. The second-order valence-corrected chi connectivity index (χ2v) is 13.6. The molecule has 0 spiro atoms. The molecule has 10 rings (SSSR count). The van der Waals surface area contributed by atoms with Crippen LogP contribution in [0.3, 0.4) is 0 Å². The van der Waals surface area contributed by atoms with Crippen molar-refractivity contribution in [3.05, 3.63) is 181 Å². The first-order valence-corrected chi connectivity index (χ1v) is 17.7. The van der Waals surface area contributed by atoms with Gasteiger partial charge in [-0.2, -0.15) is 0 Å². The van der Waals surface area contributed by atoms with Crippen molar-refractivity contribution >= 4 is 88.8 Å². The molecule has 248 valence electrons. The molecule has 8 aromatic carbocycles. The van der Waals surface area contributed by atoms with Crippen molar-refractivity contribution in [2.75, 3.05) is 9.80 Å². The van der Waals surface area contributed by atoms with Gasteiger partial charge in [-0.3, -0.25) is 0 Å². The van der Waals surface area contributed by atoms with Gasteiger partial charge in [0.25, 0.3) is 0 Å². The maximum Gasteiger partial charge on any atom is 0.137 e. The lowest BCUT2D eigenvalue weighted by Crippen LogP contribution is -2.09. The Kier molecular flexibility index (Phi) is 6.90. The van der Waals surface area contributed by atoms with Crippen molar-refractivity contribution in [1.29, 1.82) is 0 Å². The van der Waals surface area contributed by atoms with E-state index >= 15 is 0 Å². The number of furan rings is 2. The Morgan fingerprint density at radius 1 is 0.308 bits per heavy atom. The average molecular weight is 671 g/mol. The van der Waals surface area contributed by atoms with Crippen LogP contribution in [-0.2, 0) is 0 Å². The van der Waals surface area contributed by atoms with E-state index in [-0.39, 0.29) is 0 Å². The second-order valence-electron chi connectivity index (χ2n) is 13.6. The van der Waals surface area contributed by atoms with Crippen LogP contribution in [0.15, 0.2) is 179 Å². The Morgan fingerprint density at radius 3 is 1.12 bits per heavy atom. The van der Waals surface area contributed by atoms with Crippen molar-refractivity contribution in [1.82, 2.24) is 0 Å². The Labute approximate surface area is 301 Å². The van der Waals surface area contributed by atoms with Gasteiger partial charge in [-0.15, -0.1) is 0 Å². The fourth-order valence-corrected chi connectivity index (χ4v) is 7.63. The summed E-state index contributed by atoms with van der Waals surface area (Å²) in [6.45, 7) is 4.26. The minimum Gasteiger partial charge on any atom is -0.456 e. The van der Waals surface area contributed by atoms with Crippen LogP contribution in [0, 0.1) is 13.8 Å². The molecule has 0 aliphatic heterocycles. The van der Waals surface area contributed by atoms with E-state index in [0.717, 1.165) is 88.8 Å². The lowest BCUT2D eigenvalue weighted by molar-refractivity contribution is 0.668. The van der Waals surface area contributed by atoms with Gasteiger partial charge in [0, 0.05) is 67.8 Å². The Balaban J connectivity index is 1.08. The van der Waals surface area contributed by atoms with E-state index in [2.05, 4.69) is 181 Å². The van der Waals surface area contributed by atoms with Gasteiger partial charge in [0.2, 0.25) is 0 Å². The van der Waals surface area contributed by atoms with E-state index < -0.39 is 0 Å². The average Bonchev–Trinajstić information content (AvgIpc) is 3.70. The molecule has 2 aromatic heterocycles. The van der Waals surface area contributed by atoms with Gasteiger partial charge in [-0.1, -0.05) is 60.7 Å². The molecule has 4 heteroatoms. The maximum atomic E-state index is 6.61. The third-order valence-corrected chi connectivity index (χ3v) is 10.1. The van der Waals surface area contributed by atoms with Crippen LogP contribution in [0.25, 0.3) is 54.6 Å². The van der Waals surface area contributed by atoms with Crippen molar-refractivity contribution < 1.29 is 8.83 Å². The van der Waals surface area contributed by atoms with Gasteiger partial charge in [0.05, 0.1) is 0 Å². The number of anilines is 6. The zero-order valence-electron chi connectivity index (χ0n) is 28.9. The van der Waals surface area contributed by atoms with Crippen LogP contribution in [0.2, 0.25) is 0 Å². The second kappa shape index (κ2) is 11.9. The number of para-hydroxylation sites is 2. The Morgan fingerprint density at radius 2 is 0.692 bits per heavy atom. The smallest absolute Gasteiger partial charge is 0.137 e. The van der Waals surface area contributed by atoms with Crippen molar-refractivity contribution in [3.63, 3.8) is 0 Å². The third-order valence-electron chi connectivity index (χ3n) is 10.1. The third kappa shape index (κ3) is 5.07. The van der Waals surface area contributed by atoms with Crippen LogP contribution in [-0.4, -0.2) is 0 Å². The van der Waals surface area contributed by atoms with Gasteiger partial charge < -0.3 is 18.6 Å². The summed E-state index contributed by atoms with van der Waals surface area (Å²) in [7, 11) is 0. The normalized spacial score (nSPS) is 11.7. The Bertz CT molecular complexity index is 2740. The predicted octanol–water partition coefficient (Wildman–Crippen LogP) is 14.2. The quantitative estimate of drug-likeness (QED) is 0.176. The maximum absolute atomic E-state index is 6.61. The summed E-state index contributed by atoms with van der Waals surface area (Å²) < 4.78 is 13.2. The van der Waals surface area contributed by atoms with E-state index in [0.29, 0.717) is 0 Å². The number of fused-ring (bicyclic) bond motifs is 7. The lowest BCUT2D eigenvalue weighted by Gasteiger charge is -2.25. The van der Waals surface area contributed by atoms with Gasteiger partial charge in [-0.25, -0.2) is 0 Å². The molecule has 4 nitrogen and oxygen atoms in total. The zero-order valence-corrected chi connectivity index (χ0v) is 28.9. The molecule has 0 aliphatic carbocycles. The van der Waals surface area contributed by atoms with E-state index in [4.69, 9.17) is 8.83 Å². The standard InChI is InChI=1S/C48H34N2O2/c1-31-11-9-17-37(23-31)49(35-13-5-3-6-14-35)39-19-21-41-43-25-33-28-46-44(26-34(33)27-45(43)51-47(41)29-39)42-22-20-40(30-48(42)52-46)50(36-15-7-4-8-16-36)38-18-10-12-32(2)24-38/h3-30H,1-2H3. The van der Waals surface area contributed by atoms with Crippen LogP contribution in [0.4, 0.5) is 34.1 Å². The zero-order chi connectivity index (χ0) is 34.8. The molecule has 2 heterocycles. The van der Waals surface area contributed by atoms with Crippen molar-refractivity contribution in [3.8, 4) is 0 Å². The van der Waals surface area contributed by atoms with Crippen LogP contribution in [0.5, 0.6) is 0 Å². The summed E-state index contributed by atoms with van der Waals surface area (Å²) in [6, 6.07) is 60.0. The summed E-state index contributed by atoms with van der Waals surface area (Å²) in [5, 5.41) is 6.58. The Hall–Kier alpha value is -6.78. The van der Waals surface area contributed by atoms with Gasteiger partial charge in [0.1, 0.15) is 22.3 Å². The topological polar surface area (TPSA) is 32.8 Å². The van der Waals surface area contributed by atoms with Crippen LogP contribution in [0.1, 0.15) is 11.1 Å². The summed E-state index contributed by atoms with van der Waals surface area (Å²) in [5.74, 6) is 0. The fourth-order valence-electron chi connectivity index (χ4n) is 7.63. The minimum atomic E-state index is 0.856. The number of benzene rings is 8. The van der Waals surface area contributed by atoms with Gasteiger partial charge >= 0.3 is 0 Å². The highest BCUT2D eigenvalue weighted by Gasteiger charge is 2.18. The van der Waals surface area contributed by atoms with Crippen LogP contribution < -0.4 is 9.80 Å². The molecule has 0 saturated carbocycles. The SMILES string of the molecule is Cc1cccc(N(c2ccccc2)c2ccc3c(c2)oc2cc4cc5c(cc4cc23)oc2cc(N(c3ccccc3)c3cccc(C)c3)ccc25)c1. The molecule has 0 aliphatic rings. The van der Waals surface area contributed by atoms with Crippen molar-refractivity contribution in [2.24, 2.45) is 0 Å². The molecule has 0 saturated heterocycles. The highest BCUT2D eigenvalue weighted by Crippen LogP contribution is 2.42. The summed E-state index contributed by atoms with van der Waals surface area (Å²) in [6.07, 6.45) is 0. The molecular weight excluding hydrogens is 637 g/mol. The summed E-state index contributed by atoms with van der Waals surface area (Å²) in [5.41, 5.74) is 12.4. The van der Waals surface area contributed by atoms with Crippen LogP contribution >= 0.6 is 0 Å². The van der Waals surface area contributed by atoms with E-state index in [1.54, 1.807) is 0 Å². The molecule has 0 atom stereocenters. The number of aryl methyl sites for hydroxylation is 2. The number of rotatable bonds is 6. The first-order valence-electron chi connectivity index (χ1n) is 17.7. The van der Waals surface area contributed by atoms with Crippen molar-refractivity contribution in [2.45, 2.75) is 13.8 Å². The highest BCUT2D eigenvalue weighted by molar-refractivity contribution is 6.15. The number of nitrogens with zero attached hydrogens (tertiary/aromatic N) is 2. The fraction of sp³-hybridized carbons (Fsp3) is 0.0417. The molecule has 0 amide bonds. The van der Waals surface area contributed by atoms with Gasteiger partial charge in [-0.05, 0) is 133 Å². The van der Waals surface area contributed by atoms with E-state index in [1.807, 2.05) is 12.1 Å². The molecular formula is C48H34N2O2. The molecule has 0 radical (unpaired) electrons. The largest absolute Gasteiger partial charge is 0.456 e. The summed E-state index contributed by atoms with van der Waals surface area (Å²) in [4.78, 5) is 4.56.